The van der Waals surface area contributed by atoms with Crippen LogP contribution in [0.15, 0.2) is 163 Å². The number of allylic oxidation sites excluding steroid dienone is 4. The molecule has 1 atom stereocenters. The third-order valence-electron chi connectivity index (χ3n) is 10.9. The number of aromatic nitrogens is 2. The predicted molar refractivity (Wildman–Crippen MR) is 209 cm³/mol. The lowest BCUT2D eigenvalue weighted by Gasteiger charge is -2.41. The minimum absolute atomic E-state index is 0.457. The van der Waals surface area contributed by atoms with Crippen LogP contribution in [0.1, 0.15) is 35.1 Å². The molecule has 0 saturated carbocycles. The van der Waals surface area contributed by atoms with Gasteiger partial charge in [-0.1, -0.05) is 115 Å². The summed E-state index contributed by atoms with van der Waals surface area (Å²) in [6.07, 6.45) is 6.67. The molecule has 240 valence electrons. The van der Waals surface area contributed by atoms with Crippen molar-refractivity contribution in [3.8, 4) is 45.4 Å². The highest BCUT2D eigenvalue weighted by atomic mass is 32.1. The van der Waals surface area contributed by atoms with Crippen LogP contribution >= 0.6 is 11.3 Å². The number of ether oxygens (including phenoxy) is 1. The Hall–Kier alpha value is -6.10. The molecule has 2 aromatic heterocycles. The molecule has 6 aromatic carbocycles. The highest BCUT2D eigenvalue weighted by Gasteiger charge is 2.52. The van der Waals surface area contributed by atoms with Crippen molar-refractivity contribution < 1.29 is 4.74 Å². The zero-order chi connectivity index (χ0) is 33.5. The fourth-order valence-electron chi connectivity index (χ4n) is 8.67. The van der Waals surface area contributed by atoms with E-state index in [-0.39, 0.29) is 0 Å². The molecule has 1 unspecified atom stereocenters. The topological polar surface area (TPSA) is 35.0 Å². The molecule has 0 N–H and O–H groups in total. The summed E-state index contributed by atoms with van der Waals surface area (Å²) in [5, 5.41) is 2.57. The van der Waals surface area contributed by atoms with Gasteiger partial charge < -0.3 is 4.74 Å². The van der Waals surface area contributed by atoms with Gasteiger partial charge in [-0.25, -0.2) is 9.97 Å². The lowest BCUT2D eigenvalue weighted by atomic mass is 9.64. The number of thiophene rings is 1. The van der Waals surface area contributed by atoms with Crippen molar-refractivity contribution in [1.29, 1.82) is 0 Å². The van der Waals surface area contributed by atoms with E-state index in [1.54, 1.807) is 0 Å². The molecule has 1 aliphatic heterocycles. The maximum Gasteiger partial charge on any atom is 0.160 e. The minimum Gasteiger partial charge on any atom is -0.457 e. The smallest absolute Gasteiger partial charge is 0.160 e. The summed E-state index contributed by atoms with van der Waals surface area (Å²) in [6, 6.07) is 52.0. The van der Waals surface area contributed by atoms with Crippen molar-refractivity contribution in [2.45, 2.75) is 18.3 Å². The van der Waals surface area contributed by atoms with Gasteiger partial charge in [-0.05, 0) is 77.6 Å². The lowest BCUT2D eigenvalue weighted by molar-refractivity contribution is 0.432. The Bertz CT molecular complexity index is 2790. The van der Waals surface area contributed by atoms with E-state index < -0.39 is 5.41 Å². The van der Waals surface area contributed by atoms with E-state index in [1.807, 2.05) is 29.5 Å². The Morgan fingerprint density at radius 3 is 2.16 bits per heavy atom. The van der Waals surface area contributed by atoms with Gasteiger partial charge in [-0.3, -0.25) is 0 Å². The summed E-state index contributed by atoms with van der Waals surface area (Å²) < 4.78 is 9.28. The Labute approximate surface area is 299 Å². The van der Waals surface area contributed by atoms with E-state index in [9.17, 15) is 0 Å². The third-order valence-corrected chi connectivity index (χ3v) is 12.0. The second kappa shape index (κ2) is 10.9. The molecule has 8 aromatic rings. The molecule has 3 heterocycles. The van der Waals surface area contributed by atoms with E-state index in [4.69, 9.17) is 14.7 Å². The summed E-state index contributed by atoms with van der Waals surface area (Å²) in [6.45, 7) is 0. The first-order chi connectivity index (χ1) is 25.3. The number of hydrogen-bond acceptors (Lipinski definition) is 4. The Kier molecular flexibility index (Phi) is 6.16. The quantitative estimate of drug-likeness (QED) is 0.188. The number of para-hydroxylation sites is 1. The number of hydrogen-bond donors (Lipinski definition) is 0. The van der Waals surface area contributed by atoms with Crippen molar-refractivity contribution in [3.63, 3.8) is 0 Å². The van der Waals surface area contributed by atoms with Crippen LogP contribution in [0, 0.1) is 0 Å². The third kappa shape index (κ3) is 4.17. The Morgan fingerprint density at radius 1 is 0.549 bits per heavy atom. The number of benzene rings is 6. The van der Waals surface area contributed by atoms with Crippen molar-refractivity contribution >= 4 is 37.1 Å². The van der Waals surface area contributed by atoms with Gasteiger partial charge in [0, 0.05) is 48.0 Å². The van der Waals surface area contributed by atoms with Gasteiger partial charge in [0.2, 0.25) is 0 Å². The summed E-state index contributed by atoms with van der Waals surface area (Å²) in [5.41, 5.74) is 12.2. The van der Waals surface area contributed by atoms with Gasteiger partial charge in [-0.2, -0.15) is 0 Å². The van der Waals surface area contributed by atoms with Crippen LogP contribution in [0.4, 0.5) is 0 Å². The minimum atomic E-state index is -0.457. The van der Waals surface area contributed by atoms with E-state index >= 15 is 0 Å². The van der Waals surface area contributed by atoms with Crippen LogP contribution in [-0.4, -0.2) is 9.97 Å². The van der Waals surface area contributed by atoms with Gasteiger partial charge in [0.05, 0.1) is 16.8 Å². The molecule has 11 rings (SSSR count). The van der Waals surface area contributed by atoms with Crippen LogP contribution in [0.3, 0.4) is 0 Å². The fourth-order valence-corrected chi connectivity index (χ4v) is 9.82. The SMILES string of the molecule is C1=CC2=C(CC1)C1(c3ccccc3Oc3ccc(-c4cc(-c5ccc6c(c5)sc5ccccc56)nc(-c5ccccc5)n4)cc31)c1ccccc12. The van der Waals surface area contributed by atoms with Gasteiger partial charge in [0.15, 0.2) is 5.82 Å². The first kappa shape index (κ1) is 28.7. The molecule has 4 heteroatoms. The highest BCUT2D eigenvalue weighted by molar-refractivity contribution is 7.25. The van der Waals surface area contributed by atoms with Crippen LogP contribution in [0.25, 0.3) is 59.6 Å². The molecule has 0 radical (unpaired) electrons. The molecule has 0 amide bonds. The highest BCUT2D eigenvalue weighted by Crippen LogP contribution is 2.63. The molecule has 1 spiro atoms. The molecular formula is C47H30N2OS. The first-order valence-corrected chi connectivity index (χ1v) is 18.4. The Balaban J connectivity index is 1.14. The van der Waals surface area contributed by atoms with E-state index in [2.05, 4.69) is 140 Å². The molecule has 3 nitrogen and oxygen atoms in total. The largest absolute Gasteiger partial charge is 0.457 e. The van der Waals surface area contributed by atoms with Gasteiger partial charge in [-0.15, -0.1) is 11.3 Å². The fraction of sp³-hybridized carbons (Fsp3) is 0.0638. The normalized spacial score (nSPS) is 16.9. The zero-order valence-electron chi connectivity index (χ0n) is 27.6. The van der Waals surface area contributed by atoms with Crippen molar-refractivity contribution in [2.24, 2.45) is 0 Å². The second-order valence-electron chi connectivity index (χ2n) is 13.6. The first-order valence-electron chi connectivity index (χ1n) is 17.5. The van der Waals surface area contributed by atoms with Crippen molar-refractivity contribution in [1.82, 2.24) is 9.97 Å². The van der Waals surface area contributed by atoms with Gasteiger partial charge in [0.1, 0.15) is 11.5 Å². The summed E-state index contributed by atoms with van der Waals surface area (Å²) >= 11 is 1.83. The average Bonchev–Trinajstić information content (AvgIpc) is 3.72. The van der Waals surface area contributed by atoms with Gasteiger partial charge in [0.25, 0.3) is 0 Å². The van der Waals surface area contributed by atoms with Crippen LogP contribution in [0.2, 0.25) is 0 Å². The molecular weight excluding hydrogens is 641 g/mol. The monoisotopic (exact) mass is 670 g/mol. The van der Waals surface area contributed by atoms with Crippen molar-refractivity contribution in [3.05, 3.63) is 186 Å². The summed E-state index contributed by atoms with van der Waals surface area (Å²) in [5.74, 6) is 2.52. The van der Waals surface area contributed by atoms with Gasteiger partial charge >= 0.3 is 0 Å². The molecule has 51 heavy (non-hydrogen) atoms. The Morgan fingerprint density at radius 2 is 1.25 bits per heavy atom. The second-order valence-corrected chi connectivity index (χ2v) is 14.7. The molecule has 2 aliphatic carbocycles. The van der Waals surface area contributed by atoms with E-state index in [0.29, 0.717) is 5.82 Å². The van der Waals surface area contributed by atoms with Crippen molar-refractivity contribution in [2.75, 3.05) is 0 Å². The number of fused-ring (bicyclic) bond motifs is 11. The van der Waals surface area contributed by atoms with Crippen LogP contribution < -0.4 is 4.74 Å². The summed E-state index contributed by atoms with van der Waals surface area (Å²) in [7, 11) is 0. The zero-order valence-corrected chi connectivity index (χ0v) is 28.5. The molecule has 3 aliphatic rings. The van der Waals surface area contributed by atoms with Crippen LogP contribution in [0.5, 0.6) is 11.5 Å². The predicted octanol–water partition coefficient (Wildman–Crippen LogP) is 12.4. The number of rotatable bonds is 3. The summed E-state index contributed by atoms with van der Waals surface area (Å²) in [4.78, 5) is 10.4. The maximum atomic E-state index is 6.73. The lowest BCUT2D eigenvalue weighted by Crippen LogP contribution is -2.33. The maximum absolute atomic E-state index is 6.73. The number of nitrogens with zero attached hydrogens (tertiary/aromatic N) is 2. The van der Waals surface area contributed by atoms with E-state index in [0.717, 1.165) is 52.4 Å². The van der Waals surface area contributed by atoms with E-state index in [1.165, 1.54) is 53.6 Å². The molecule has 0 bridgehead atoms. The van der Waals surface area contributed by atoms with Crippen LogP contribution in [-0.2, 0) is 5.41 Å². The molecule has 0 fully saturated rings. The standard InChI is InChI=1S/C47H30N2OS/c1-2-12-29(13-3-1)46-48-40(28-41(49-46)31-22-24-35-34-16-6-11-21-44(34)51-45(35)27-31)30-23-25-43-39(26-30)47(38-19-9-10-20-42(38)50-43)36-17-7-4-14-32(36)33-15-5-8-18-37(33)47/h1-7,9-17,19-28H,8,18H2. The molecule has 0 saturated heterocycles. The average molecular weight is 671 g/mol.